The Labute approximate surface area is 130 Å². The fraction of sp³-hybridized carbons (Fsp3) is 0.625. The van der Waals surface area contributed by atoms with Crippen molar-refractivity contribution in [3.05, 3.63) is 34.3 Å². The average molecular weight is 341 g/mol. The van der Waals surface area contributed by atoms with Gasteiger partial charge in [0.05, 0.1) is 6.61 Å². The fourth-order valence-corrected chi connectivity index (χ4v) is 3.46. The van der Waals surface area contributed by atoms with Gasteiger partial charge in [0.1, 0.15) is 0 Å². The van der Waals surface area contributed by atoms with Gasteiger partial charge in [-0.2, -0.15) is 0 Å². The molecular formula is C16H25BrN2O. The molecule has 0 saturated carbocycles. The van der Waals surface area contributed by atoms with Crippen LogP contribution in [0.4, 0.5) is 0 Å². The maximum Gasteiger partial charge on any atom is 0.0586 e. The van der Waals surface area contributed by atoms with Gasteiger partial charge in [-0.1, -0.05) is 35.0 Å². The van der Waals surface area contributed by atoms with E-state index in [4.69, 9.17) is 0 Å². The van der Waals surface area contributed by atoms with Crippen LogP contribution in [0.25, 0.3) is 0 Å². The standard InChI is InChI=1S/C16H25BrN2O/c1-2-18-16(13-5-3-6-14(17)11-13)8-10-19-9-4-7-15(19)12-20/h3,5-6,11,15-16,18,20H,2,4,7-10,12H2,1H3. The van der Waals surface area contributed by atoms with Crippen LogP contribution in [-0.4, -0.2) is 42.3 Å². The van der Waals surface area contributed by atoms with Gasteiger partial charge in [-0.3, -0.25) is 4.90 Å². The Morgan fingerprint density at radius 2 is 2.35 bits per heavy atom. The van der Waals surface area contributed by atoms with Crippen LogP contribution in [0.3, 0.4) is 0 Å². The largest absolute Gasteiger partial charge is 0.395 e. The van der Waals surface area contributed by atoms with Crippen LogP contribution >= 0.6 is 15.9 Å². The van der Waals surface area contributed by atoms with Crippen molar-refractivity contribution >= 4 is 15.9 Å². The number of aliphatic hydroxyl groups excluding tert-OH is 1. The molecule has 4 heteroatoms. The molecule has 2 unspecified atom stereocenters. The summed E-state index contributed by atoms with van der Waals surface area (Å²) in [5.74, 6) is 0. The highest BCUT2D eigenvalue weighted by Gasteiger charge is 2.24. The van der Waals surface area contributed by atoms with Crippen molar-refractivity contribution in [3.63, 3.8) is 0 Å². The monoisotopic (exact) mass is 340 g/mol. The minimum absolute atomic E-state index is 0.294. The van der Waals surface area contributed by atoms with Crippen molar-refractivity contribution in [2.45, 2.75) is 38.3 Å². The lowest BCUT2D eigenvalue weighted by molar-refractivity contribution is 0.154. The van der Waals surface area contributed by atoms with E-state index in [-0.39, 0.29) is 0 Å². The van der Waals surface area contributed by atoms with Crippen LogP contribution in [0.15, 0.2) is 28.7 Å². The Morgan fingerprint density at radius 3 is 3.05 bits per heavy atom. The summed E-state index contributed by atoms with van der Waals surface area (Å²) >= 11 is 3.55. The molecule has 0 bridgehead atoms. The number of rotatable bonds is 7. The van der Waals surface area contributed by atoms with Crippen LogP contribution in [-0.2, 0) is 0 Å². The first-order valence-electron chi connectivity index (χ1n) is 7.58. The summed E-state index contributed by atoms with van der Waals surface area (Å²) < 4.78 is 1.13. The van der Waals surface area contributed by atoms with E-state index in [1.54, 1.807) is 0 Å². The number of benzene rings is 1. The van der Waals surface area contributed by atoms with Crippen molar-refractivity contribution in [3.8, 4) is 0 Å². The molecule has 1 fully saturated rings. The summed E-state index contributed by atoms with van der Waals surface area (Å²) in [4.78, 5) is 2.43. The quantitative estimate of drug-likeness (QED) is 0.800. The molecule has 0 aromatic heterocycles. The van der Waals surface area contributed by atoms with E-state index in [0.29, 0.717) is 18.7 Å². The van der Waals surface area contributed by atoms with Crippen LogP contribution < -0.4 is 5.32 Å². The third kappa shape index (κ3) is 4.29. The van der Waals surface area contributed by atoms with Crippen LogP contribution in [0.1, 0.15) is 37.8 Å². The van der Waals surface area contributed by atoms with E-state index in [9.17, 15) is 5.11 Å². The van der Waals surface area contributed by atoms with E-state index in [1.807, 2.05) is 0 Å². The maximum absolute atomic E-state index is 9.39. The van der Waals surface area contributed by atoms with Crippen LogP contribution in [0, 0.1) is 0 Å². The second kappa shape index (κ2) is 8.13. The van der Waals surface area contributed by atoms with Gasteiger partial charge in [0.15, 0.2) is 0 Å². The number of nitrogens with zero attached hydrogens (tertiary/aromatic N) is 1. The smallest absolute Gasteiger partial charge is 0.0586 e. The lowest BCUT2D eigenvalue weighted by atomic mass is 10.0. The van der Waals surface area contributed by atoms with E-state index in [0.717, 1.165) is 36.9 Å². The molecule has 1 aromatic carbocycles. The fourth-order valence-electron chi connectivity index (χ4n) is 3.05. The predicted molar refractivity (Wildman–Crippen MR) is 86.9 cm³/mol. The first-order valence-corrected chi connectivity index (χ1v) is 8.37. The summed E-state index contributed by atoms with van der Waals surface area (Å²) in [7, 11) is 0. The topological polar surface area (TPSA) is 35.5 Å². The second-order valence-corrected chi connectivity index (χ2v) is 6.38. The zero-order chi connectivity index (χ0) is 14.4. The third-order valence-corrected chi connectivity index (χ3v) is 4.61. The maximum atomic E-state index is 9.39. The number of halogens is 1. The molecule has 2 N–H and O–H groups in total. The van der Waals surface area contributed by atoms with Gasteiger partial charge < -0.3 is 10.4 Å². The van der Waals surface area contributed by atoms with Gasteiger partial charge in [-0.05, 0) is 50.0 Å². The highest BCUT2D eigenvalue weighted by atomic mass is 79.9. The third-order valence-electron chi connectivity index (χ3n) is 4.12. The lowest BCUT2D eigenvalue weighted by Crippen LogP contribution is -2.35. The van der Waals surface area contributed by atoms with Crippen molar-refractivity contribution in [1.82, 2.24) is 10.2 Å². The predicted octanol–water partition coefficient (Wildman–Crippen LogP) is 2.95. The summed E-state index contributed by atoms with van der Waals surface area (Å²) in [6.45, 7) is 5.60. The first kappa shape index (κ1) is 16.0. The van der Waals surface area contributed by atoms with Gasteiger partial charge in [-0.15, -0.1) is 0 Å². The molecule has 2 atom stereocenters. The Hall–Kier alpha value is -0.420. The summed E-state index contributed by atoms with van der Waals surface area (Å²) in [6, 6.07) is 9.30. The highest BCUT2D eigenvalue weighted by molar-refractivity contribution is 9.10. The Kier molecular flexibility index (Phi) is 6.49. The normalized spacial score (nSPS) is 21.2. The first-order chi connectivity index (χ1) is 9.74. The Bertz CT molecular complexity index is 413. The lowest BCUT2D eigenvalue weighted by Gasteiger charge is -2.26. The van der Waals surface area contributed by atoms with Crippen LogP contribution in [0.2, 0.25) is 0 Å². The molecule has 0 radical (unpaired) electrons. The molecule has 1 saturated heterocycles. The molecule has 1 aromatic rings. The Balaban J connectivity index is 1.95. The van der Waals surface area contributed by atoms with Crippen molar-refractivity contribution in [2.75, 3.05) is 26.2 Å². The molecule has 0 spiro atoms. The molecule has 3 nitrogen and oxygen atoms in total. The second-order valence-electron chi connectivity index (χ2n) is 5.47. The van der Waals surface area contributed by atoms with Crippen molar-refractivity contribution in [1.29, 1.82) is 0 Å². The van der Waals surface area contributed by atoms with Crippen LogP contribution in [0.5, 0.6) is 0 Å². The number of nitrogens with one attached hydrogen (secondary N) is 1. The molecule has 2 rings (SSSR count). The molecular weight excluding hydrogens is 316 g/mol. The van der Waals surface area contributed by atoms with Gasteiger partial charge in [-0.25, -0.2) is 0 Å². The highest BCUT2D eigenvalue weighted by Crippen LogP contribution is 2.23. The molecule has 0 amide bonds. The number of hydrogen-bond acceptors (Lipinski definition) is 3. The number of likely N-dealkylation sites (tertiary alicyclic amines) is 1. The number of hydrogen-bond donors (Lipinski definition) is 2. The molecule has 20 heavy (non-hydrogen) atoms. The zero-order valence-electron chi connectivity index (χ0n) is 12.2. The average Bonchev–Trinajstić information content (AvgIpc) is 2.91. The number of aliphatic hydroxyl groups is 1. The SMILES string of the molecule is CCNC(CCN1CCCC1CO)c1cccc(Br)c1. The van der Waals surface area contributed by atoms with Crippen molar-refractivity contribution in [2.24, 2.45) is 0 Å². The van der Waals surface area contributed by atoms with Gasteiger partial charge in [0, 0.05) is 23.1 Å². The van der Waals surface area contributed by atoms with Crippen molar-refractivity contribution < 1.29 is 5.11 Å². The molecule has 0 aliphatic carbocycles. The summed E-state index contributed by atoms with van der Waals surface area (Å²) in [6.07, 6.45) is 3.44. The van der Waals surface area contributed by atoms with E-state index < -0.39 is 0 Å². The van der Waals surface area contributed by atoms with E-state index in [1.165, 1.54) is 12.0 Å². The van der Waals surface area contributed by atoms with Gasteiger partial charge >= 0.3 is 0 Å². The zero-order valence-corrected chi connectivity index (χ0v) is 13.8. The Morgan fingerprint density at radius 1 is 1.50 bits per heavy atom. The van der Waals surface area contributed by atoms with Gasteiger partial charge in [0.2, 0.25) is 0 Å². The molecule has 112 valence electrons. The molecule has 1 aliphatic heterocycles. The van der Waals surface area contributed by atoms with Gasteiger partial charge in [0.25, 0.3) is 0 Å². The van der Waals surface area contributed by atoms with E-state index >= 15 is 0 Å². The summed E-state index contributed by atoms with van der Waals surface area (Å²) in [5, 5.41) is 13.0. The molecule has 1 aliphatic rings. The minimum Gasteiger partial charge on any atom is -0.395 e. The summed E-state index contributed by atoms with van der Waals surface area (Å²) in [5.41, 5.74) is 1.33. The van der Waals surface area contributed by atoms with E-state index in [2.05, 4.69) is 57.3 Å². The minimum atomic E-state index is 0.294. The molecule has 1 heterocycles.